The summed E-state index contributed by atoms with van der Waals surface area (Å²) in [5.74, 6) is 0.307. The third-order valence-corrected chi connectivity index (χ3v) is 5.07. The van der Waals surface area contributed by atoms with Gasteiger partial charge in [-0.05, 0) is 31.7 Å². The molecule has 0 amide bonds. The van der Waals surface area contributed by atoms with Crippen molar-refractivity contribution >= 4 is 10.0 Å². The molecular formula is C11H19N3O2S. The lowest BCUT2D eigenvalue weighted by molar-refractivity contribution is 0.386. The summed E-state index contributed by atoms with van der Waals surface area (Å²) in [6.07, 6.45) is 6.33. The molecule has 1 fully saturated rings. The Hall–Kier alpha value is -0.880. The van der Waals surface area contributed by atoms with Gasteiger partial charge in [0, 0.05) is 25.8 Å². The molecule has 1 aliphatic heterocycles. The van der Waals surface area contributed by atoms with Gasteiger partial charge in [-0.25, -0.2) is 12.7 Å². The van der Waals surface area contributed by atoms with E-state index in [1.54, 1.807) is 4.31 Å². The summed E-state index contributed by atoms with van der Waals surface area (Å²) in [5, 5.41) is 4.18. The van der Waals surface area contributed by atoms with Gasteiger partial charge in [0.2, 0.25) is 10.0 Å². The fourth-order valence-electron chi connectivity index (χ4n) is 2.05. The maximum absolute atomic E-state index is 11.8. The van der Waals surface area contributed by atoms with Crippen LogP contribution in [0.1, 0.15) is 25.3 Å². The summed E-state index contributed by atoms with van der Waals surface area (Å²) in [7, 11) is -2.99. The van der Waals surface area contributed by atoms with E-state index < -0.39 is 10.0 Å². The fraction of sp³-hybridized carbons (Fsp3) is 0.727. The Balaban J connectivity index is 1.93. The van der Waals surface area contributed by atoms with Gasteiger partial charge in [0.05, 0.1) is 11.9 Å². The van der Waals surface area contributed by atoms with E-state index in [2.05, 4.69) is 5.10 Å². The van der Waals surface area contributed by atoms with E-state index in [0.29, 0.717) is 18.8 Å². The van der Waals surface area contributed by atoms with Crippen molar-refractivity contribution in [2.45, 2.75) is 32.7 Å². The lowest BCUT2D eigenvalue weighted by Crippen LogP contribution is -2.39. The minimum atomic E-state index is -2.99. The largest absolute Gasteiger partial charge is 0.273 e. The van der Waals surface area contributed by atoms with Gasteiger partial charge in [-0.3, -0.25) is 4.68 Å². The average molecular weight is 257 g/mol. The van der Waals surface area contributed by atoms with Crippen LogP contribution in [0.25, 0.3) is 0 Å². The molecular weight excluding hydrogens is 238 g/mol. The predicted molar refractivity (Wildman–Crippen MR) is 66.2 cm³/mol. The molecule has 17 heavy (non-hydrogen) atoms. The zero-order chi connectivity index (χ0) is 12.3. The summed E-state index contributed by atoms with van der Waals surface area (Å²) < 4.78 is 27.0. The Morgan fingerprint density at radius 3 is 2.88 bits per heavy atom. The highest BCUT2D eigenvalue weighted by Crippen LogP contribution is 2.14. The van der Waals surface area contributed by atoms with Gasteiger partial charge in [-0.1, -0.05) is 0 Å². The molecule has 0 bridgehead atoms. The molecule has 96 valence electrons. The third kappa shape index (κ3) is 3.07. The zero-order valence-electron chi connectivity index (χ0n) is 10.2. The molecule has 0 atom stereocenters. The standard InChI is InChI=1S/C11H19N3O2S/c1-2-13-10-11(9-12-13)5-7-14-6-3-4-8-17(14,15)16/h9-10H,2-8H2,1H3. The van der Waals surface area contributed by atoms with E-state index in [4.69, 9.17) is 0 Å². The molecule has 0 aromatic carbocycles. The van der Waals surface area contributed by atoms with Crippen molar-refractivity contribution in [1.29, 1.82) is 0 Å². The first kappa shape index (κ1) is 12.6. The summed E-state index contributed by atoms with van der Waals surface area (Å²) in [4.78, 5) is 0. The lowest BCUT2D eigenvalue weighted by Gasteiger charge is -2.25. The van der Waals surface area contributed by atoms with Crippen LogP contribution in [0.15, 0.2) is 12.4 Å². The van der Waals surface area contributed by atoms with E-state index in [9.17, 15) is 8.42 Å². The first-order valence-electron chi connectivity index (χ1n) is 6.11. The van der Waals surface area contributed by atoms with Crippen molar-refractivity contribution in [3.05, 3.63) is 18.0 Å². The second-order valence-corrected chi connectivity index (χ2v) is 6.46. The number of rotatable bonds is 4. The molecule has 5 nitrogen and oxygen atoms in total. The number of hydrogen-bond acceptors (Lipinski definition) is 3. The van der Waals surface area contributed by atoms with Crippen LogP contribution in [0.5, 0.6) is 0 Å². The molecule has 1 saturated heterocycles. The summed E-state index contributed by atoms with van der Waals surface area (Å²) in [6, 6.07) is 0. The maximum atomic E-state index is 11.8. The zero-order valence-corrected chi connectivity index (χ0v) is 11.0. The van der Waals surface area contributed by atoms with Crippen molar-refractivity contribution in [3.8, 4) is 0 Å². The average Bonchev–Trinajstić information content (AvgIpc) is 2.75. The molecule has 0 spiro atoms. The Bertz CT molecular complexity index is 467. The molecule has 6 heteroatoms. The van der Waals surface area contributed by atoms with Crippen LogP contribution in [-0.4, -0.2) is 41.3 Å². The van der Waals surface area contributed by atoms with E-state index in [1.165, 1.54) is 0 Å². The molecule has 1 aliphatic rings. The van der Waals surface area contributed by atoms with Gasteiger partial charge >= 0.3 is 0 Å². The fourth-order valence-corrected chi connectivity index (χ4v) is 3.66. The Kier molecular flexibility index (Phi) is 3.83. The van der Waals surface area contributed by atoms with Crippen LogP contribution in [0, 0.1) is 0 Å². The van der Waals surface area contributed by atoms with E-state index in [-0.39, 0.29) is 0 Å². The van der Waals surface area contributed by atoms with Crippen molar-refractivity contribution in [3.63, 3.8) is 0 Å². The highest BCUT2D eigenvalue weighted by atomic mass is 32.2. The number of hydrogen-bond donors (Lipinski definition) is 0. The van der Waals surface area contributed by atoms with Crippen molar-refractivity contribution in [2.24, 2.45) is 0 Å². The van der Waals surface area contributed by atoms with Crippen LogP contribution in [0.3, 0.4) is 0 Å². The van der Waals surface area contributed by atoms with E-state index in [1.807, 2.05) is 24.0 Å². The van der Waals surface area contributed by atoms with Crippen LogP contribution in [0.2, 0.25) is 0 Å². The number of aromatic nitrogens is 2. The smallest absolute Gasteiger partial charge is 0.214 e. The monoisotopic (exact) mass is 257 g/mol. The normalized spacial score (nSPS) is 20.5. The van der Waals surface area contributed by atoms with E-state index >= 15 is 0 Å². The first-order chi connectivity index (χ1) is 8.12. The highest BCUT2D eigenvalue weighted by Gasteiger charge is 2.25. The van der Waals surface area contributed by atoms with Gasteiger partial charge in [0.25, 0.3) is 0 Å². The van der Waals surface area contributed by atoms with E-state index in [0.717, 1.165) is 31.4 Å². The Labute approximate surface area is 102 Å². The van der Waals surface area contributed by atoms with Gasteiger partial charge < -0.3 is 0 Å². The highest BCUT2D eigenvalue weighted by molar-refractivity contribution is 7.89. The van der Waals surface area contributed by atoms with Gasteiger partial charge in [-0.15, -0.1) is 0 Å². The molecule has 2 heterocycles. The van der Waals surface area contributed by atoms with Crippen LogP contribution in [0.4, 0.5) is 0 Å². The second-order valence-electron chi connectivity index (χ2n) is 4.38. The van der Waals surface area contributed by atoms with Crippen molar-refractivity contribution < 1.29 is 8.42 Å². The first-order valence-corrected chi connectivity index (χ1v) is 7.72. The molecule has 0 N–H and O–H groups in total. The minimum absolute atomic E-state index is 0.307. The Morgan fingerprint density at radius 1 is 1.41 bits per heavy atom. The van der Waals surface area contributed by atoms with Crippen LogP contribution < -0.4 is 0 Å². The summed E-state index contributed by atoms with van der Waals surface area (Å²) >= 11 is 0. The summed E-state index contributed by atoms with van der Waals surface area (Å²) in [6.45, 7) is 4.13. The number of nitrogens with zero attached hydrogens (tertiary/aromatic N) is 3. The van der Waals surface area contributed by atoms with Crippen molar-refractivity contribution in [1.82, 2.24) is 14.1 Å². The quantitative estimate of drug-likeness (QED) is 0.804. The van der Waals surface area contributed by atoms with Gasteiger partial charge in [0.15, 0.2) is 0 Å². The maximum Gasteiger partial charge on any atom is 0.214 e. The topological polar surface area (TPSA) is 55.2 Å². The molecule has 1 aromatic rings. The minimum Gasteiger partial charge on any atom is -0.273 e. The number of sulfonamides is 1. The molecule has 2 rings (SSSR count). The van der Waals surface area contributed by atoms with Crippen LogP contribution in [-0.2, 0) is 23.0 Å². The van der Waals surface area contributed by atoms with Gasteiger partial charge in [-0.2, -0.15) is 5.10 Å². The third-order valence-electron chi connectivity index (χ3n) is 3.11. The molecule has 0 unspecified atom stereocenters. The molecule has 0 radical (unpaired) electrons. The SMILES string of the molecule is CCn1cc(CCN2CCCCS2(=O)=O)cn1. The van der Waals surface area contributed by atoms with Gasteiger partial charge in [0.1, 0.15) is 0 Å². The molecule has 0 aliphatic carbocycles. The molecule has 0 saturated carbocycles. The molecule has 1 aromatic heterocycles. The number of aryl methyl sites for hydroxylation is 1. The second kappa shape index (κ2) is 5.18. The Morgan fingerprint density at radius 2 is 2.24 bits per heavy atom. The summed E-state index contributed by atoms with van der Waals surface area (Å²) in [5.41, 5.74) is 1.10. The van der Waals surface area contributed by atoms with Crippen molar-refractivity contribution in [2.75, 3.05) is 18.8 Å². The van der Waals surface area contributed by atoms with Crippen LogP contribution >= 0.6 is 0 Å². The lowest BCUT2D eigenvalue weighted by atomic mass is 10.2. The predicted octanol–water partition coefficient (Wildman–Crippen LogP) is 0.871.